The second-order valence-corrected chi connectivity index (χ2v) is 7.56. The summed E-state index contributed by atoms with van der Waals surface area (Å²) >= 11 is 12.2. The zero-order valence-corrected chi connectivity index (χ0v) is 17.7. The number of carbonyl (C=O) groups excluding carboxylic acids is 1. The fourth-order valence-electron chi connectivity index (χ4n) is 3.13. The molecule has 0 fully saturated rings. The van der Waals surface area contributed by atoms with Crippen LogP contribution in [-0.2, 0) is 7.05 Å². The highest BCUT2D eigenvalue weighted by Crippen LogP contribution is 2.30. The van der Waals surface area contributed by atoms with Crippen LogP contribution < -0.4 is 5.43 Å². The average molecular weight is 438 g/mol. The standard InChI is InChI=1S/C22H17Cl2N5O/c1-13-15(12-29(2)28-13)11-25-27-22(30)17-10-21(14-7-8-18(23)19(24)9-14)26-20-6-4-3-5-16(17)20/h3-12H,1-2H3,(H,27,30). The first-order valence-electron chi connectivity index (χ1n) is 9.11. The van der Waals surface area contributed by atoms with E-state index < -0.39 is 0 Å². The number of hydrazone groups is 1. The lowest BCUT2D eigenvalue weighted by atomic mass is 10.0. The average Bonchev–Trinajstić information content (AvgIpc) is 3.06. The first kappa shape index (κ1) is 20.1. The van der Waals surface area contributed by atoms with Gasteiger partial charge in [0.1, 0.15) is 0 Å². The van der Waals surface area contributed by atoms with Crippen molar-refractivity contribution in [3.05, 3.63) is 81.6 Å². The molecule has 2 aromatic carbocycles. The molecule has 0 spiro atoms. The molecule has 4 aromatic rings. The van der Waals surface area contributed by atoms with Crippen LogP contribution in [0.15, 0.2) is 59.8 Å². The number of halogens is 2. The Morgan fingerprint density at radius 1 is 1.13 bits per heavy atom. The Balaban J connectivity index is 1.70. The Morgan fingerprint density at radius 3 is 2.67 bits per heavy atom. The van der Waals surface area contributed by atoms with Crippen LogP contribution in [0.4, 0.5) is 0 Å². The molecule has 8 heteroatoms. The van der Waals surface area contributed by atoms with Gasteiger partial charge in [0.2, 0.25) is 0 Å². The molecule has 1 N–H and O–H groups in total. The van der Waals surface area contributed by atoms with E-state index in [0.717, 1.165) is 22.2 Å². The quantitative estimate of drug-likeness (QED) is 0.360. The van der Waals surface area contributed by atoms with Gasteiger partial charge in [0.15, 0.2) is 0 Å². The number of hydrogen-bond donors (Lipinski definition) is 1. The minimum atomic E-state index is -0.340. The zero-order chi connectivity index (χ0) is 21.3. The minimum Gasteiger partial charge on any atom is -0.275 e. The molecular formula is C22H17Cl2N5O. The largest absolute Gasteiger partial charge is 0.275 e. The van der Waals surface area contributed by atoms with Gasteiger partial charge >= 0.3 is 0 Å². The maximum Gasteiger partial charge on any atom is 0.272 e. The first-order valence-corrected chi connectivity index (χ1v) is 9.87. The smallest absolute Gasteiger partial charge is 0.272 e. The van der Waals surface area contributed by atoms with E-state index in [9.17, 15) is 4.79 Å². The number of benzene rings is 2. The third-order valence-electron chi connectivity index (χ3n) is 4.60. The Kier molecular flexibility index (Phi) is 5.53. The van der Waals surface area contributed by atoms with Crippen molar-refractivity contribution in [2.75, 3.05) is 0 Å². The van der Waals surface area contributed by atoms with Crippen LogP contribution in [0, 0.1) is 6.92 Å². The minimum absolute atomic E-state index is 0.340. The Labute approximate surface area is 183 Å². The molecule has 0 saturated heterocycles. The predicted molar refractivity (Wildman–Crippen MR) is 120 cm³/mol. The van der Waals surface area contributed by atoms with Crippen molar-refractivity contribution in [2.24, 2.45) is 12.1 Å². The lowest BCUT2D eigenvalue weighted by Gasteiger charge is -2.09. The van der Waals surface area contributed by atoms with E-state index in [1.54, 1.807) is 29.1 Å². The fraction of sp³-hybridized carbons (Fsp3) is 0.0909. The summed E-state index contributed by atoms with van der Waals surface area (Å²) in [5.74, 6) is -0.340. The van der Waals surface area contributed by atoms with Gasteiger partial charge in [-0.1, -0.05) is 47.5 Å². The fourth-order valence-corrected chi connectivity index (χ4v) is 3.43. The molecule has 0 radical (unpaired) electrons. The molecule has 4 rings (SSSR count). The highest BCUT2D eigenvalue weighted by molar-refractivity contribution is 6.42. The molecule has 2 heterocycles. The number of fused-ring (bicyclic) bond motifs is 1. The molecule has 0 unspecified atom stereocenters. The second-order valence-electron chi connectivity index (χ2n) is 6.74. The van der Waals surface area contributed by atoms with Crippen LogP contribution in [0.3, 0.4) is 0 Å². The van der Waals surface area contributed by atoms with Crippen molar-refractivity contribution in [3.63, 3.8) is 0 Å². The van der Waals surface area contributed by atoms with Crippen molar-refractivity contribution in [1.29, 1.82) is 0 Å². The molecule has 0 atom stereocenters. The second kappa shape index (κ2) is 8.26. The van der Waals surface area contributed by atoms with Crippen molar-refractivity contribution in [3.8, 4) is 11.3 Å². The number of nitrogens with zero attached hydrogens (tertiary/aromatic N) is 4. The van der Waals surface area contributed by atoms with E-state index >= 15 is 0 Å². The molecule has 1 amide bonds. The zero-order valence-electron chi connectivity index (χ0n) is 16.2. The van der Waals surface area contributed by atoms with Crippen molar-refractivity contribution >= 4 is 46.2 Å². The normalized spacial score (nSPS) is 11.3. The van der Waals surface area contributed by atoms with Crippen LogP contribution in [-0.4, -0.2) is 26.9 Å². The van der Waals surface area contributed by atoms with Crippen molar-refractivity contribution < 1.29 is 4.79 Å². The molecular weight excluding hydrogens is 421 g/mol. The number of aromatic nitrogens is 3. The number of para-hydroxylation sites is 1. The number of hydrogen-bond acceptors (Lipinski definition) is 4. The SMILES string of the molecule is Cc1nn(C)cc1C=NNC(=O)c1cc(-c2ccc(Cl)c(Cl)c2)nc2ccccc12. The maximum absolute atomic E-state index is 12.9. The van der Waals surface area contributed by atoms with Crippen LogP contribution in [0.2, 0.25) is 10.0 Å². The van der Waals surface area contributed by atoms with Gasteiger partial charge in [-0.05, 0) is 31.2 Å². The number of carbonyl (C=O) groups is 1. The Morgan fingerprint density at radius 2 is 1.93 bits per heavy atom. The number of aryl methyl sites for hydroxylation is 2. The maximum atomic E-state index is 12.9. The van der Waals surface area contributed by atoms with E-state index in [-0.39, 0.29) is 5.91 Å². The molecule has 0 aliphatic heterocycles. The van der Waals surface area contributed by atoms with Crippen LogP contribution in [0.1, 0.15) is 21.6 Å². The highest BCUT2D eigenvalue weighted by Gasteiger charge is 2.14. The van der Waals surface area contributed by atoms with Gasteiger partial charge in [0, 0.05) is 29.8 Å². The van der Waals surface area contributed by atoms with Gasteiger partial charge in [0.25, 0.3) is 5.91 Å². The Hall–Kier alpha value is -3.22. The predicted octanol–water partition coefficient (Wildman–Crippen LogP) is 5.01. The number of pyridine rings is 1. The summed E-state index contributed by atoms with van der Waals surface area (Å²) in [5.41, 5.74) is 6.78. The molecule has 0 saturated carbocycles. The van der Waals surface area contributed by atoms with Gasteiger partial charge in [-0.25, -0.2) is 10.4 Å². The molecule has 0 bridgehead atoms. The summed E-state index contributed by atoms with van der Waals surface area (Å²) in [6, 6.07) is 14.4. The van der Waals surface area contributed by atoms with E-state index in [1.807, 2.05) is 50.5 Å². The number of nitrogens with one attached hydrogen (secondary N) is 1. The molecule has 0 aliphatic carbocycles. The topological polar surface area (TPSA) is 72.2 Å². The summed E-state index contributed by atoms with van der Waals surface area (Å²) in [4.78, 5) is 17.6. The van der Waals surface area contributed by atoms with Gasteiger partial charge in [-0.2, -0.15) is 10.2 Å². The van der Waals surface area contributed by atoms with Crippen LogP contribution in [0.25, 0.3) is 22.2 Å². The molecule has 6 nitrogen and oxygen atoms in total. The summed E-state index contributed by atoms with van der Waals surface area (Å²) in [6.07, 6.45) is 3.40. The van der Waals surface area contributed by atoms with Crippen LogP contribution in [0.5, 0.6) is 0 Å². The number of amides is 1. The lowest BCUT2D eigenvalue weighted by Crippen LogP contribution is -2.18. The van der Waals surface area contributed by atoms with E-state index in [2.05, 4.69) is 20.6 Å². The van der Waals surface area contributed by atoms with E-state index in [0.29, 0.717) is 26.8 Å². The van der Waals surface area contributed by atoms with Gasteiger partial charge in [0.05, 0.1) is 38.7 Å². The Bertz CT molecular complexity index is 1300. The lowest BCUT2D eigenvalue weighted by molar-refractivity contribution is 0.0956. The van der Waals surface area contributed by atoms with Crippen molar-refractivity contribution in [1.82, 2.24) is 20.2 Å². The molecule has 30 heavy (non-hydrogen) atoms. The summed E-state index contributed by atoms with van der Waals surface area (Å²) < 4.78 is 1.69. The molecule has 150 valence electrons. The monoisotopic (exact) mass is 437 g/mol. The molecule has 0 aliphatic rings. The van der Waals surface area contributed by atoms with Crippen molar-refractivity contribution in [2.45, 2.75) is 6.92 Å². The first-order chi connectivity index (χ1) is 14.4. The van der Waals surface area contributed by atoms with E-state index in [4.69, 9.17) is 23.2 Å². The number of rotatable bonds is 4. The third kappa shape index (κ3) is 4.06. The van der Waals surface area contributed by atoms with Gasteiger partial charge in [-0.15, -0.1) is 0 Å². The highest BCUT2D eigenvalue weighted by atomic mass is 35.5. The van der Waals surface area contributed by atoms with Crippen LogP contribution >= 0.6 is 23.2 Å². The summed E-state index contributed by atoms with van der Waals surface area (Å²) in [6.45, 7) is 1.88. The summed E-state index contributed by atoms with van der Waals surface area (Å²) in [7, 11) is 1.83. The van der Waals surface area contributed by atoms with Gasteiger partial charge in [-0.3, -0.25) is 9.48 Å². The summed E-state index contributed by atoms with van der Waals surface area (Å²) in [5, 5.41) is 9.95. The third-order valence-corrected chi connectivity index (χ3v) is 5.34. The van der Waals surface area contributed by atoms with Gasteiger partial charge < -0.3 is 0 Å². The molecule has 2 aromatic heterocycles. The van der Waals surface area contributed by atoms with E-state index in [1.165, 1.54) is 0 Å².